The Morgan fingerprint density at radius 2 is 2.03 bits per heavy atom. The number of rotatable bonds is 7. The van der Waals surface area contributed by atoms with Gasteiger partial charge in [-0.2, -0.15) is 5.10 Å². The molecule has 15 heteroatoms. The van der Waals surface area contributed by atoms with E-state index in [1.54, 1.807) is 11.7 Å². The first-order valence-corrected chi connectivity index (χ1v) is 14.8. The Kier molecular flexibility index (Phi) is 6.80. The Morgan fingerprint density at radius 3 is 2.59 bits per heavy atom. The van der Waals surface area contributed by atoms with Crippen LogP contribution in [0, 0.1) is 12.8 Å². The molecule has 2 aromatic heterocycles. The number of hydrogen-bond acceptors (Lipinski definition) is 7. The van der Waals surface area contributed by atoms with Crippen LogP contribution in [0.15, 0.2) is 11.0 Å². The number of carbonyl (C=O) groups excluding carboxylic acids is 1. The second-order valence-electron chi connectivity index (χ2n) is 9.99. The normalized spacial score (nSPS) is 21.2. The summed E-state index contributed by atoms with van der Waals surface area (Å²) in [5.74, 6) is 3.16. The molecule has 0 spiro atoms. The van der Waals surface area contributed by atoms with Crippen molar-refractivity contribution >= 4 is 55.4 Å². The first kappa shape index (κ1) is 26.4. The van der Waals surface area contributed by atoms with Crippen molar-refractivity contribution in [3.8, 4) is 0 Å². The summed E-state index contributed by atoms with van der Waals surface area (Å²) in [5, 5.41) is 7.71. The summed E-state index contributed by atoms with van der Waals surface area (Å²) >= 11 is 6.74. The summed E-state index contributed by atoms with van der Waals surface area (Å²) in [6, 6.07) is 0.753. The van der Waals surface area contributed by atoms with Crippen molar-refractivity contribution in [2.24, 2.45) is 18.8 Å². The minimum absolute atomic E-state index is 0.0332. The maximum absolute atomic E-state index is 13.6. The molecule has 2 fully saturated rings. The lowest BCUT2D eigenvalue weighted by Gasteiger charge is -2.36. The molecular weight excluding hydrogens is 544 g/mol. The molecule has 37 heavy (non-hydrogen) atoms. The lowest BCUT2D eigenvalue weighted by Crippen LogP contribution is -2.51. The van der Waals surface area contributed by atoms with E-state index < -0.39 is 34.8 Å². The number of hydrogen-bond donors (Lipinski definition) is 4. The topological polar surface area (TPSA) is 134 Å². The average Bonchev–Trinajstić information content (AvgIpc) is 3.50. The minimum atomic E-state index is -4.19. The fourth-order valence-corrected chi connectivity index (χ4v) is 8.51. The van der Waals surface area contributed by atoms with E-state index in [4.69, 9.17) is 18.1 Å². The van der Waals surface area contributed by atoms with Gasteiger partial charge in [0.25, 0.3) is 5.92 Å². The summed E-state index contributed by atoms with van der Waals surface area (Å²) in [4.78, 5) is 15.2. The Bertz CT molecular complexity index is 1350. The van der Waals surface area contributed by atoms with Crippen LogP contribution in [0.5, 0.6) is 0 Å². The number of nitrogens with one attached hydrogen (secondary N) is 3. The summed E-state index contributed by atoms with van der Waals surface area (Å²) < 4.78 is 58.2. The number of amides is 1. The molecule has 0 aliphatic heterocycles. The van der Waals surface area contributed by atoms with Gasteiger partial charge in [-0.15, -0.1) is 11.3 Å². The average molecular weight is 574 g/mol. The van der Waals surface area contributed by atoms with Gasteiger partial charge in [-0.05, 0) is 56.8 Å². The van der Waals surface area contributed by atoms with Crippen LogP contribution in [-0.4, -0.2) is 47.2 Å². The van der Waals surface area contributed by atoms with E-state index in [0.717, 1.165) is 23.4 Å². The highest BCUT2D eigenvalue weighted by Gasteiger charge is 2.48. The predicted molar refractivity (Wildman–Crippen MR) is 140 cm³/mol. The number of halogens is 2. The van der Waals surface area contributed by atoms with Gasteiger partial charge in [0.05, 0.1) is 5.69 Å². The van der Waals surface area contributed by atoms with E-state index in [1.807, 2.05) is 17.9 Å². The van der Waals surface area contributed by atoms with Crippen LogP contribution in [0.3, 0.4) is 0 Å². The van der Waals surface area contributed by atoms with Crippen LogP contribution in [0.2, 0.25) is 0 Å². The number of aryl methyl sites for hydroxylation is 3. The lowest BCUT2D eigenvalue weighted by molar-refractivity contribution is -0.117. The number of sulfonamides is 1. The van der Waals surface area contributed by atoms with Crippen molar-refractivity contribution in [1.82, 2.24) is 19.9 Å². The van der Waals surface area contributed by atoms with E-state index in [2.05, 4.69) is 20.6 Å². The minimum Gasteiger partial charge on any atom is -0.316 e. The van der Waals surface area contributed by atoms with Gasteiger partial charge in [0.15, 0.2) is 5.11 Å². The van der Waals surface area contributed by atoms with E-state index in [-0.39, 0.29) is 32.9 Å². The van der Waals surface area contributed by atoms with E-state index in [0.29, 0.717) is 30.6 Å². The Labute approximate surface area is 223 Å². The molecule has 5 rings (SSSR count). The monoisotopic (exact) mass is 573 g/mol. The number of aromatic nitrogens is 2. The van der Waals surface area contributed by atoms with Crippen LogP contribution in [0.25, 0.3) is 0 Å². The number of hydrazine groups is 1. The number of alkyl halides is 2. The Hall–Kier alpha value is -2.20. The molecule has 0 saturated heterocycles. The van der Waals surface area contributed by atoms with Gasteiger partial charge in [-0.25, -0.2) is 27.8 Å². The Morgan fingerprint density at radius 1 is 1.32 bits per heavy atom. The standard InChI is InChI=1S/C22H29F2N7O3S3/c1-11-7-17(30(2)28-11)31(21(35)27-25)14-5-6-16-15(8-14)18(20(36-16)26-19(32)12-3-4-12)37(33,34)29-13-9-22(23,24)10-13/h7,12-14,29H,3-6,8-10,25H2,1-2H3,(H,26,32)(H,27,35)/t14-/m0/s1. The fraction of sp³-hybridized carbons (Fsp3) is 0.591. The third-order valence-electron chi connectivity index (χ3n) is 6.98. The van der Waals surface area contributed by atoms with Gasteiger partial charge in [0.1, 0.15) is 15.7 Å². The fourth-order valence-electron chi connectivity index (χ4n) is 5.06. The maximum atomic E-state index is 13.6. The molecule has 10 nitrogen and oxygen atoms in total. The van der Waals surface area contributed by atoms with Crippen LogP contribution < -0.4 is 26.2 Å². The summed E-state index contributed by atoms with van der Waals surface area (Å²) in [5.41, 5.74) is 3.87. The number of fused-ring (bicyclic) bond motifs is 1. The van der Waals surface area contributed by atoms with E-state index >= 15 is 0 Å². The van der Waals surface area contributed by atoms with Crippen molar-refractivity contribution in [3.05, 3.63) is 22.2 Å². The molecule has 202 valence electrons. The molecule has 2 heterocycles. The third kappa shape index (κ3) is 5.24. The van der Waals surface area contributed by atoms with Crippen molar-refractivity contribution in [2.75, 3.05) is 10.2 Å². The molecule has 0 aromatic carbocycles. The number of anilines is 2. The smallest absolute Gasteiger partial charge is 0.251 e. The van der Waals surface area contributed by atoms with Gasteiger partial charge >= 0.3 is 0 Å². The molecule has 3 aliphatic carbocycles. The van der Waals surface area contributed by atoms with E-state index in [1.165, 1.54) is 11.3 Å². The van der Waals surface area contributed by atoms with Crippen LogP contribution in [0.1, 0.15) is 48.2 Å². The molecule has 2 aromatic rings. The van der Waals surface area contributed by atoms with E-state index in [9.17, 15) is 22.0 Å². The van der Waals surface area contributed by atoms with Crippen molar-refractivity contribution in [3.63, 3.8) is 0 Å². The van der Waals surface area contributed by atoms with Gasteiger partial charge < -0.3 is 10.7 Å². The number of carbonyl (C=O) groups is 1. The van der Waals surface area contributed by atoms with Crippen LogP contribution in [0.4, 0.5) is 19.6 Å². The molecule has 1 atom stereocenters. The van der Waals surface area contributed by atoms with Crippen molar-refractivity contribution in [2.45, 2.75) is 74.8 Å². The zero-order chi connectivity index (χ0) is 26.7. The number of thiophene rings is 1. The molecule has 1 amide bonds. The highest BCUT2D eigenvalue weighted by Crippen LogP contribution is 2.45. The van der Waals surface area contributed by atoms with Crippen LogP contribution in [-0.2, 0) is 34.7 Å². The van der Waals surface area contributed by atoms with Gasteiger partial charge in [0, 0.05) is 48.8 Å². The highest BCUT2D eigenvalue weighted by atomic mass is 32.2. The molecule has 3 aliphatic rings. The van der Waals surface area contributed by atoms with Gasteiger partial charge in [-0.3, -0.25) is 14.4 Å². The SMILES string of the molecule is Cc1cc(N(C(=S)NN)[C@H]2CCc3sc(NC(=O)C4CC4)c(S(=O)(=O)NC4CC(F)(F)C4)c3C2)n(C)n1. The lowest BCUT2D eigenvalue weighted by atomic mass is 9.89. The van der Waals surface area contributed by atoms with Crippen molar-refractivity contribution in [1.29, 1.82) is 0 Å². The molecular formula is C22H29F2N7O3S3. The molecule has 2 saturated carbocycles. The number of nitrogens with zero attached hydrogens (tertiary/aromatic N) is 3. The van der Waals surface area contributed by atoms with Gasteiger partial charge in [0.2, 0.25) is 15.9 Å². The quantitative estimate of drug-likeness (QED) is 0.225. The predicted octanol–water partition coefficient (Wildman–Crippen LogP) is 2.33. The summed E-state index contributed by atoms with van der Waals surface area (Å²) in [7, 11) is -2.41. The summed E-state index contributed by atoms with van der Waals surface area (Å²) in [6.07, 6.45) is 1.93. The first-order chi connectivity index (χ1) is 17.4. The maximum Gasteiger partial charge on any atom is 0.251 e. The highest BCUT2D eigenvalue weighted by molar-refractivity contribution is 7.90. The number of thiocarbonyl (C=S) groups is 1. The third-order valence-corrected chi connectivity index (χ3v) is 10.3. The zero-order valence-electron chi connectivity index (χ0n) is 20.4. The Balaban J connectivity index is 1.51. The summed E-state index contributed by atoms with van der Waals surface area (Å²) in [6.45, 7) is 1.85. The second-order valence-corrected chi connectivity index (χ2v) is 13.1. The molecule has 0 bridgehead atoms. The first-order valence-electron chi connectivity index (χ1n) is 12.0. The second kappa shape index (κ2) is 9.52. The number of nitrogens with two attached hydrogens (primary N) is 1. The van der Waals surface area contributed by atoms with Crippen LogP contribution >= 0.6 is 23.6 Å². The molecule has 0 radical (unpaired) electrons. The largest absolute Gasteiger partial charge is 0.316 e. The van der Waals surface area contributed by atoms with Crippen molar-refractivity contribution < 1.29 is 22.0 Å². The zero-order valence-corrected chi connectivity index (χ0v) is 22.8. The molecule has 5 N–H and O–H groups in total. The molecule has 0 unspecified atom stereocenters. The van der Waals surface area contributed by atoms with Gasteiger partial charge in [-0.1, -0.05) is 0 Å².